The molecule has 1 atom stereocenters. The molecular formula is C19H18Cl3N2O2+. The second kappa shape index (κ2) is 8.78. The number of aliphatic hydroxyl groups excluding tert-OH is 1. The summed E-state index contributed by atoms with van der Waals surface area (Å²) < 4.78 is 9.47. The number of imidazole rings is 1. The Morgan fingerprint density at radius 1 is 1.08 bits per heavy atom. The number of hydrogen-bond donors (Lipinski definition) is 1. The first kappa shape index (κ1) is 19.1. The zero-order valence-electron chi connectivity index (χ0n) is 13.9. The van der Waals surface area contributed by atoms with Crippen molar-refractivity contribution in [1.29, 1.82) is 0 Å². The lowest BCUT2D eigenvalue weighted by atomic mass is 10.2. The molecule has 3 aromatic rings. The molecule has 7 heteroatoms. The summed E-state index contributed by atoms with van der Waals surface area (Å²) in [5.74, 6) is 0.497. The molecule has 4 nitrogen and oxygen atoms in total. The normalized spacial score (nSPS) is 12.2. The lowest BCUT2D eigenvalue weighted by Crippen LogP contribution is -2.32. The van der Waals surface area contributed by atoms with Gasteiger partial charge in [0.1, 0.15) is 43.9 Å². The highest BCUT2D eigenvalue weighted by Gasteiger charge is 2.13. The van der Waals surface area contributed by atoms with E-state index in [4.69, 9.17) is 39.5 Å². The van der Waals surface area contributed by atoms with Gasteiger partial charge in [-0.1, -0.05) is 53.0 Å². The van der Waals surface area contributed by atoms with Gasteiger partial charge >= 0.3 is 0 Å². The average Bonchev–Trinajstić information content (AvgIpc) is 3.03. The molecule has 26 heavy (non-hydrogen) atoms. The van der Waals surface area contributed by atoms with Gasteiger partial charge in [-0.3, -0.25) is 0 Å². The molecule has 0 fully saturated rings. The van der Waals surface area contributed by atoms with Crippen LogP contribution in [0.1, 0.15) is 5.56 Å². The Labute approximate surface area is 167 Å². The Balaban J connectivity index is 1.54. The molecule has 0 saturated carbocycles. The van der Waals surface area contributed by atoms with Crippen molar-refractivity contribution in [2.45, 2.75) is 19.2 Å². The van der Waals surface area contributed by atoms with Crippen LogP contribution in [0.5, 0.6) is 5.75 Å². The van der Waals surface area contributed by atoms with Crippen molar-refractivity contribution in [3.63, 3.8) is 0 Å². The molecule has 1 heterocycles. The van der Waals surface area contributed by atoms with Crippen molar-refractivity contribution in [2.24, 2.45) is 0 Å². The third kappa shape index (κ3) is 5.15. The Morgan fingerprint density at radius 3 is 2.65 bits per heavy atom. The highest BCUT2D eigenvalue weighted by Crippen LogP contribution is 2.27. The summed E-state index contributed by atoms with van der Waals surface area (Å²) in [4.78, 5) is 0. The summed E-state index contributed by atoms with van der Waals surface area (Å²) in [5.41, 5.74) is 1.04. The molecule has 136 valence electrons. The maximum Gasteiger partial charge on any atom is 0.244 e. The number of rotatable bonds is 7. The van der Waals surface area contributed by atoms with Gasteiger partial charge in [0, 0.05) is 15.6 Å². The molecule has 1 N–H and O–H groups in total. The second-order valence-electron chi connectivity index (χ2n) is 5.91. The van der Waals surface area contributed by atoms with E-state index in [-0.39, 0.29) is 6.61 Å². The first-order chi connectivity index (χ1) is 12.5. The van der Waals surface area contributed by atoms with Crippen molar-refractivity contribution in [3.8, 4) is 5.75 Å². The fourth-order valence-electron chi connectivity index (χ4n) is 2.54. The number of ether oxygens (including phenoxy) is 1. The monoisotopic (exact) mass is 411 g/mol. The molecule has 2 aromatic carbocycles. The van der Waals surface area contributed by atoms with Crippen LogP contribution in [-0.4, -0.2) is 22.4 Å². The van der Waals surface area contributed by atoms with E-state index in [9.17, 15) is 5.11 Å². The second-order valence-corrected chi connectivity index (χ2v) is 7.16. The molecule has 0 aliphatic rings. The molecular weight excluding hydrogens is 395 g/mol. The van der Waals surface area contributed by atoms with Crippen LogP contribution in [0, 0.1) is 0 Å². The maximum absolute atomic E-state index is 10.2. The Kier molecular flexibility index (Phi) is 6.43. The third-order valence-electron chi connectivity index (χ3n) is 3.80. The third-order valence-corrected chi connectivity index (χ3v) is 4.70. The Hall–Kier alpha value is -1.72. The number of benzene rings is 2. The van der Waals surface area contributed by atoms with Gasteiger partial charge in [0.05, 0.1) is 5.02 Å². The molecule has 0 unspecified atom stereocenters. The van der Waals surface area contributed by atoms with Crippen LogP contribution >= 0.6 is 34.8 Å². The number of aromatic nitrogens is 2. The standard InChI is InChI=1S/C19H18Cl3N2O2/c20-15-5-6-19(18(22)9-15)26-12-16(25)11-24-8-7-23(13-24)10-14-3-1-2-4-17(14)21/h1-9,13,16,25H,10-12H2/q+1/t16-/m0/s1. The van der Waals surface area contributed by atoms with E-state index >= 15 is 0 Å². The highest BCUT2D eigenvalue weighted by atomic mass is 35.5. The van der Waals surface area contributed by atoms with Crippen LogP contribution < -0.4 is 9.30 Å². The minimum Gasteiger partial charge on any atom is -0.489 e. The summed E-state index contributed by atoms with van der Waals surface area (Å²) in [7, 11) is 0. The van der Waals surface area contributed by atoms with E-state index in [1.54, 1.807) is 18.2 Å². The van der Waals surface area contributed by atoms with Gasteiger partial charge in [-0.05, 0) is 24.3 Å². The van der Waals surface area contributed by atoms with Gasteiger partial charge in [0.25, 0.3) is 0 Å². The molecule has 0 aliphatic heterocycles. The summed E-state index contributed by atoms with van der Waals surface area (Å²) in [6.07, 6.45) is 5.08. The van der Waals surface area contributed by atoms with E-state index < -0.39 is 6.10 Å². The zero-order chi connectivity index (χ0) is 18.5. The summed E-state index contributed by atoms with van der Waals surface area (Å²) in [6, 6.07) is 12.7. The summed E-state index contributed by atoms with van der Waals surface area (Å²) in [6.45, 7) is 1.20. The predicted octanol–water partition coefficient (Wildman–Crippen LogP) is 4.22. The van der Waals surface area contributed by atoms with Crippen molar-refractivity contribution in [2.75, 3.05) is 6.61 Å². The van der Waals surface area contributed by atoms with Crippen LogP contribution in [0.15, 0.2) is 61.2 Å². The minimum absolute atomic E-state index is 0.129. The molecule has 0 aliphatic carbocycles. The fraction of sp³-hybridized carbons (Fsp3) is 0.211. The van der Waals surface area contributed by atoms with Crippen LogP contribution in [0.3, 0.4) is 0 Å². The van der Waals surface area contributed by atoms with E-state index in [1.807, 2.05) is 52.1 Å². The van der Waals surface area contributed by atoms with Crippen LogP contribution in [0.2, 0.25) is 15.1 Å². The smallest absolute Gasteiger partial charge is 0.244 e. The van der Waals surface area contributed by atoms with Gasteiger partial charge < -0.3 is 9.84 Å². The van der Waals surface area contributed by atoms with E-state index in [0.29, 0.717) is 28.9 Å². The highest BCUT2D eigenvalue weighted by molar-refractivity contribution is 6.35. The van der Waals surface area contributed by atoms with Gasteiger partial charge in [-0.15, -0.1) is 0 Å². The van der Waals surface area contributed by atoms with E-state index in [2.05, 4.69) is 0 Å². The number of aliphatic hydroxyl groups is 1. The lowest BCUT2D eigenvalue weighted by Gasteiger charge is -2.12. The average molecular weight is 413 g/mol. The molecule has 0 radical (unpaired) electrons. The quantitative estimate of drug-likeness (QED) is 0.590. The molecule has 3 rings (SSSR count). The van der Waals surface area contributed by atoms with Crippen molar-refractivity contribution < 1.29 is 14.4 Å². The fourth-order valence-corrected chi connectivity index (χ4v) is 3.20. The van der Waals surface area contributed by atoms with Gasteiger partial charge in [-0.25, -0.2) is 9.13 Å². The summed E-state index contributed by atoms with van der Waals surface area (Å²) in [5, 5.41) is 11.9. The van der Waals surface area contributed by atoms with Crippen molar-refractivity contribution >= 4 is 34.8 Å². The number of halogens is 3. The topological polar surface area (TPSA) is 38.3 Å². The Bertz CT molecular complexity index is 883. The first-order valence-corrected chi connectivity index (χ1v) is 9.19. The van der Waals surface area contributed by atoms with Crippen LogP contribution in [0.4, 0.5) is 0 Å². The van der Waals surface area contributed by atoms with Gasteiger partial charge in [-0.2, -0.15) is 0 Å². The predicted molar refractivity (Wildman–Crippen MR) is 103 cm³/mol. The van der Waals surface area contributed by atoms with Crippen molar-refractivity contribution in [3.05, 3.63) is 81.8 Å². The SMILES string of the molecule is O[C@H](COc1ccc(Cl)cc1Cl)Cn1cc[n+](Cc2ccccc2Cl)c1. The number of hydrogen-bond acceptors (Lipinski definition) is 2. The largest absolute Gasteiger partial charge is 0.489 e. The van der Waals surface area contributed by atoms with Crippen LogP contribution in [0.25, 0.3) is 0 Å². The minimum atomic E-state index is -0.678. The lowest BCUT2D eigenvalue weighted by molar-refractivity contribution is -0.687. The van der Waals surface area contributed by atoms with Crippen molar-refractivity contribution in [1.82, 2.24) is 4.57 Å². The molecule has 0 saturated heterocycles. The maximum atomic E-state index is 10.2. The van der Waals surface area contributed by atoms with E-state index in [0.717, 1.165) is 10.6 Å². The van der Waals surface area contributed by atoms with Gasteiger partial charge in [0.15, 0.2) is 0 Å². The summed E-state index contributed by atoms with van der Waals surface area (Å²) >= 11 is 18.1. The molecule has 0 amide bonds. The molecule has 0 spiro atoms. The molecule has 0 bridgehead atoms. The first-order valence-electron chi connectivity index (χ1n) is 8.05. The number of nitrogens with zero attached hydrogens (tertiary/aromatic N) is 2. The Morgan fingerprint density at radius 2 is 1.88 bits per heavy atom. The zero-order valence-corrected chi connectivity index (χ0v) is 16.1. The molecule has 1 aromatic heterocycles. The van der Waals surface area contributed by atoms with E-state index in [1.165, 1.54) is 0 Å². The van der Waals surface area contributed by atoms with Gasteiger partial charge in [0.2, 0.25) is 6.33 Å². The van der Waals surface area contributed by atoms with Crippen LogP contribution in [-0.2, 0) is 13.1 Å².